The molecule has 1 heterocycles. The van der Waals surface area contributed by atoms with E-state index in [0.717, 1.165) is 0 Å². The molecule has 1 aromatic carbocycles. The Morgan fingerprint density at radius 2 is 2.07 bits per heavy atom. The third kappa shape index (κ3) is 2.19. The predicted octanol–water partition coefficient (Wildman–Crippen LogP) is 1.77. The number of benzene rings is 1. The molecule has 0 aliphatic carbocycles. The van der Waals surface area contributed by atoms with Gasteiger partial charge in [-0.05, 0) is 24.3 Å². The number of nitrogens with zero attached hydrogens (tertiary/aromatic N) is 1. The molecule has 1 N–H and O–H groups in total. The Hall–Kier alpha value is -2.17. The summed E-state index contributed by atoms with van der Waals surface area (Å²) < 4.78 is 17.5. The minimum Gasteiger partial charge on any atom is -0.404 e. The van der Waals surface area contributed by atoms with Crippen LogP contribution < -0.4 is 4.74 Å². The predicted molar refractivity (Wildman–Crippen MR) is 49.9 cm³/mol. The average molecular weight is 206 g/mol. The third-order valence-corrected chi connectivity index (χ3v) is 1.76. The third-order valence-electron chi connectivity index (χ3n) is 1.76. The van der Waals surface area contributed by atoms with Gasteiger partial charge in [-0.3, -0.25) is 0 Å². The molecule has 4 nitrogen and oxygen atoms in total. The normalized spacial score (nSPS) is 9.93. The minimum atomic E-state index is -0.556. The highest BCUT2D eigenvalue weighted by Crippen LogP contribution is 2.08. The second-order valence-corrected chi connectivity index (χ2v) is 2.81. The van der Waals surface area contributed by atoms with Crippen molar-refractivity contribution >= 4 is 5.97 Å². The van der Waals surface area contributed by atoms with E-state index in [0.29, 0.717) is 0 Å². The molecular weight excluding hydrogens is 199 g/mol. The van der Waals surface area contributed by atoms with E-state index >= 15 is 0 Å². The second-order valence-electron chi connectivity index (χ2n) is 2.81. The molecule has 15 heavy (non-hydrogen) atoms. The molecule has 0 atom stereocenters. The molecule has 0 fully saturated rings. The molecule has 0 radical (unpaired) electrons. The summed E-state index contributed by atoms with van der Waals surface area (Å²) in [5.74, 6) is -0.698. The fourth-order valence-electron chi connectivity index (χ4n) is 1.04. The zero-order valence-electron chi connectivity index (χ0n) is 7.61. The zero-order valence-corrected chi connectivity index (χ0v) is 7.61. The van der Waals surface area contributed by atoms with Gasteiger partial charge in [-0.2, -0.15) is 0 Å². The summed E-state index contributed by atoms with van der Waals surface area (Å²) in [6, 6.07) is 5.11. The van der Waals surface area contributed by atoms with Gasteiger partial charge in [0, 0.05) is 0 Å². The minimum absolute atomic E-state index is 0.254. The Morgan fingerprint density at radius 1 is 1.33 bits per heavy atom. The summed E-state index contributed by atoms with van der Waals surface area (Å²) in [5.41, 5.74) is 0.283. The molecule has 0 aliphatic heterocycles. The summed E-state index contributed by atoms with van der Waals surface area (Å²) in [7, 11) is 0. The quantitative estimate of drug-likeness (QED) is 0.762. The molecule has 76 valence electrons. The SMILES string of the molecule is O=C(Oc1cnc[nH]1)c1ccc(F)cc1. The first kappa shape index (κ1) is 9.39. The molecule has 0 spiro atoms. The summed E-state index contributed by atoms with van der Waals surface area (Å²) in [4.78, 5) is 17.7. The molecule has 2 aromatic rings. The second kappa shape index (κ2) is 3.91. The Balaban J connectivity index is 2.11. The molecule has 2 rings (SSSR count). The van der Waals surface area contributed by atoms with Crippen molar-refractivity contribution in [3.8, 4) is 5.88 Å². The van der Waals surface area contributed by atoms with E-state index in [4.69, 9.17) is 4.74 Å². The van der Waals surface area contributed by atoms with Gasteiger partial charge in [-0.25, -0.2) is 14.2 Å². The van der Waals surface area contributed by atoms with Gasteiger partial charge in [-0.1, -0.05) is 0 Å². The first-order chi connectivity index (χ1) is 7.25. The average Bonchev–Trinajstić information content (AvgIpc) is 2.71. The standard InChI is InChI=1S/C10H7FN2O2/c11-8-3-1-7(2-4-8)10(14)15-9-5-12-6-13-9/h1-6H,(H,12,13). The van der Waals surface area contributed by atoms with E-state index in [9.17, 15) is 9.18 Å². The van der Waals surface area contributed by atoms with Gasteiger partial charge in [0.25, 0.3) is 0 Å². The molecule has 0 unspecified atom stereocenters. The fourth-order valence-corrected chi connectivity index (χ4v) is 1.04. The lowest BCUT2D eigenvalue weighted by Crippen LogP contribution is -2.08. The number of hydrogen-bond donors (Lipinski definition) is 1. The van der Waals surface area contributed by atoms with Crippen LogP contribution in [0, 0.1) is 5.82 Å². The largest absolute Gasteiger partial charge is 0.404 e. The molecule has 1 aromatic heterocycles. The van der Waals surface area contributed by atoms with Crippen LogP contribution in [0.4, 0.5) is 4.39 Å². The molecule has 0 bridgehead atoms. The maximum absolute atomic E-state index is 12.6. The van der Waals surface area contributed by atoms with Crippen LogP contribution in [0.15, 0.2) is 36.8 Å². The molecular formula is C10H7FN2O2. The van der Waals surface area contributed by atoms with Crippen LogP contribution in [-0.4, -0.2) is 15.9 Å². The number of ether oxygens (including phenoxy) is 1. The summed E-state index contributed by atoms with van der Waals surface area (Å²) in [6.45, 7) is 0. The number of aromatic nitrogens is 2. The number of rotatable bonds is 2. The van der Waals surface area contributed by atoms with E-state index in [2.05, 4.69) is 9.97 Å². The van der Waals surface area contributed by atoms with Crippen LogP contribution in [0.5, 0.6) is 5.88 Å². The van der Waals surface area contributed by atoms with E-state index in [1.807, 2.05) is 0 Å². The van der Waals surface area contributed by atoms with Crippen molar-refractivity contribution < 1.29 is 13.9 Å². The van der Waals surface area contributed by atoms with Crippen LogP contribution >= 0.6 is 0 Å². The van der Waals surface area contributed by atoms with Crippen molar-refractivity contribution in [1.82, 2.24) is 9.97 Å². The van der Waals surface area contributed by atoms with Crippen LogP contribution in [0.25, 0.3) is 0 Å². The Kier molecular flexibility index (Phi) is 2.45. The lowest BCUT2D eigenvalue weighted by molar-refractivity contribution is 0.0728. The maximum Gasteiger partial charge on any atom is 0.344 e. The van der Waals surface area contributed by atoms with Crippen molar-refractivity contribution in [3.63, 3.8) is 0 Å². The van der Waals surface area contributed by atoms with E-state index in [-0.39, 0.29) is 11.4 Å². The fraction of sp³-hybridized carbons (Fsp3) is 0. The monoisotopic (exact) mass is 206 g/mol. The first-order valence-electron chi connectivity index (χ1n) is 4.22. The van der Waals surface area contributed by atoms with Crippen LogP contribution in [-0.2, 0) is 0 Å². The van der Waals surface area contributed by atoms with Crippen LogP contribution in [0.2, 0.25) is 0 Å². The number of aromatic amines is 1. The summed E-state index contributed by atoms with van der Waals surface area (Å²) in [6.07, 6.45) is 2.77. The van der Waals surface area contributed by atoms with Crippen molar-refractivity contribution in [2.45, 2.75) is 0 Å². The summed E-state index contributed by atoms with van der Waals surface area (Å²) >= 11 is 0. The smallest absolute Gasteiger partial charge is 0.344 e. The summed E-state index contributed by atoms with van der Waals surface area (Å²) in [5, 5.41) is 0. The van der Waals surface area contributed by atoms with E-state index in [1.54, 1.807) is 0 Å². The van der Waals surface area contributed by atoms with Gasteiger partial charge in [0.05, 0.1) is 18.1 Å². The van der Waals surface area contributed by atoms with Gasteiger partial charge < -0.3 is 9.72 Å². The van der Waals surface area contributed by atoms with E-state index in [1.165, 1.54) is 36.8 Å². The van der Waals surface area contributed by atoms with Crippen molar-refractivity contribution in [3.05, 3.63) is 48.2 Å². The number of hydrogen-bond acceptors (Lipinski definition) is 3. The topological polar surface area (TPSA) is 55.0 Å². The van der Waals surface area contributed by atoms with Crippen LogP contribution in [0.3, 0.4) is 0 Å². The number of esters is 1. The van der Waals surface area contributed by atoms with Gasteiger partial charge >= 0.3 is 5.97 Å². The molecule has 0 amide bonds. The van der Waals surface area contributed by atoms with E-state index < -0.39 is 11.8 Å². The van der Waals surface area contributed by atoms with Gasteiger partial charge in [0.2, 0.25) is 5.88 Å². The van der Waals surface area contributed by atoms with Gasteiger partial charge in [0.15, 0.2) is 0 Å². The van der Waals surface area contributed by atoms with Crippen molar-refractivity contribution in [2.24, 2.45) is 0 Å². The van der Waals surface area contributed by atoms with Crippen LogP contribution in [0.1, 0.15) is 10.4 Å². The lowest BCUT2D eigenvalue weighted by atomic mass is 10.2. The molecule has 0 saturated heterocycles. The number of imidazole rings is 1. The number of halogens is 1. The zero-order chi connectivity index (χ0) is 10.7. The highest BCUT2D eigenvalue weighted by atomic mass is 19.1. The number of carbonyl (C=O) groups excluding carboxylic acids is 1. The maximum atomic E-state index is 12.6. The highest BCUT2D eigenvalue weighted by molar-refractivity contribution is 5.90. The van der Waals surface area contributed by atoms with Gasteiger partial charge in [0.1, 0.15) is 5.82 Å². The Bertz CT molecular complexity index is 451. The molecule has 5 heteroatoms. The van der Waals surface area contributed by atoms with Crippen molar-refractivity contribution in [1.29, 1.82) is 0 Å². The Morgan fingerprint density at radius 3 is 2.67 bits per heavy atom. The number of nitrogens with one attached hydrogen (secondary N) is 1. The number of carbonyl (C=O) groups is 1. The molecule has 0 saturated carbocycles. The highest BCUT2D eigenvalue weighted by Gasteiger charge is 2.08. The first-order valence-corrected chi connectivity index (χ1v) is 4.22. The molecule has 0 aliphatic rings. The number of H-pyrrole nitrogens is 1. The lowest BCUT2D eigenvalue weighted by Gasteiger charge is -2.00. The Labute approximate surface area is 84.7 Å². The van der Waals surface area contributed by atoms with Gasteiger partial charge in [-0.15, -0.1) is 0 Å². The van der Waals surface area contributed by atoms with Crippen molar-refractivity contribution in [2.75, 3.05) is 0 Å².